The van der Waals surface area contributed by atoms with E-state index in [0.29, 0.717) is 18.7 Å². The highest BCUT2D eigenvalue weighted by molar-refractivity contribution is 5.97. The first-order chi connectivity index (χ1) is 14.0. The molecular weight excluding hydrogens is 376 g/mol. The van der Waals surface area contributed by atoms with E-state index < -0.39 is 10.8 Å². The van der Waals surface area contributed by atoms with Gasteiger partial charge in [0.2, 0.25) is 0 Å². The van der Waals surface area contributed by atoms with Gasteiger partial charge in [0, 0.05) is 18.8 Å². The van der Waals surface area contributed by atoms with Gasteiger partial charge in [0.25, 0.3) is 11.6 Å². The Kier molecular flexibility index (Phi) is 7.56. The van der Waals surface area contributed by atoms with Crippen LogP contribution in [0.1, 0.15) is 5.56 Å². The van der Waals surface area contributed by atoms with Crippen LogP contribution >= 0.6 is 0 Å². The van der Waals surface area contributed by atoms with E-state index in [-0.39, 0.29) is 17.0 Å². The predicted octanol–water partition coefficient (Wildman–Crippen LogP) is 2.79. The average molecular weight is 396 g/mol. The van der Waals surface area contributed by atoms with E-state index in [0.717, 1.165) is 11.3 Å². The Morgan fingerprint density at radius 3 is 2.52 bits per heavy atom. The summed E-state index contributed by atoms with van der Waals surface area (Å²) >= 11 is 0. The summed E-state index contributed by atoms with van der Waals surface area (Å²) in [5, 5.41) is 25.5. The summed E-state index contributed by atoms with van der Waals surface area (Å²) in [6, 6.07) is 13.3. The van der Waals surface area contributed by atoms with Crippen LogP contribution in [0.2, 0.25) is 0 Å². The first kappa shape index (κ1) is 21.2. The molecular formula is C20H20N4O5. The Balaban J connectivity index is 1.97. The Hall–Kier alpha value is -4.06. The lowest BCUT2D eigenvalue weighted by Gasteiger charge is -2.09. The molecule has 0 aliphatic rings. The molecule has 0 saturated carbocycles. The van der Waals surface area contributed by atoms with Crippen molar-refractivity contribution in [3.8, 4) is 17.6 Å². The topological polar surface area (TPSA) is 127 Å². The molecule has 2 rings (SSSR count). The minimum absolute atomic E-state index is 0.131. The van der Waals surface area contributed by atoms with Crippen molar-refractivity contribution < 1.29 is 19.2 Å². The number of methoxy groups -OCH3 is 2. The molecule has 9 nitrogen and oxygen atoms in total. The van der Waals surface area contributed by atoms with Gasteiger partial charge < -0.3 is 20.1 Å². The second-order valence-electron chi connectivity index (χ2n) is 5.81. The Morgan fingerprint density at radius 1 is 1.21 bits per heavy atom. The van der Waals surface area contributed by atoms with Crippen LogP contribution in [0.3, 0.4) is 0 Å². The van der Waals surface area contributed by atoms with Crippen LogP contribution in [0.5, 0.6) is 11.5 Å². The molecule has 150 valence electrons. The molecule has 0 unspecified atom stereocenters. The normalized spacial score (nSPS) is 10.6. The number of hydrogen-bond donors (Lipinski definition) is 2. The zero-order chi connectivity index (χ0) is 21.2. The molecule has 2 aromatic carbocycles. The third kappa shape index (κ3) is 5.97. The monoisotopic (exact) mass is 396 g/mol. The number of nitrogens with one attached hydrogen (secondary N) is 2. The highest BCUT2D eigenvalue weighted by Crippen LogP contribution is 2.29. The molecule has 0 aliphatic carbocycles. The molecule has 29 heavy (non-hydrogen) atoms. The van der Waals surface area contributed by atoms with E-state index in [2.05, 4.69) is 10.6 Å². The van der Waals surface area contributed by atoms with Crippen LogP contribution in [0.15, 0.2) is 54.2 Å². The molecule has 0 fully saturated rings. The van der Waals surface area contributed by atoms with Crippen molar-refractivity contribution in [2.45, 2.75) is 6.42 Å². The van der Waals surface area contributed by atoms with Crippen molar-refractivity contribution in [3.63, 3.8) is 0 Å². The maximum Gasteiger partial charge on any atom is 0.273 e. The van der Waals surface area contributed by atoms with Crippen LogP contribution in [-0.4, -0.2) is 31.6 Å². The molecule has 0 saturated heterocycles. The Bertz CT molecular complexity index is 948. The molecule has 0 aliphatic heterocycles. The van der Waals surface area contributed by atoms with Crippen molar-refractivity contribution in [1.82, 2.24) is 5.32 Å². The van der Waals surface area contributed by atoms with Crippen molar-refractivity contribution in [2.75, 3.05) is 26.1 Å². The molecule has 2 N–H and O–H groups in total. The summed E-state index contributed by atoms with van der Waals surface area (Å²) in [6.07, 6.45) is 1.82. The summed E-state index contributed by atoms with van der Waals surface area (Å²) in [7, 11) is 2.95. The standard InChI is InChI=1S/C20H20N4O5/c1-28-17-6-3-14(4-7-17)9-10-22-20(25)15(12-21)13-23-18-8-5-16(24(26)27)11-19(18)29-2/h3-8,11,13,23H,9-10H2,1-2H3,(H,22,25)/b15-13-. The second kappa shape index (κ2) is 10.3. The first-order valence-electron chi connectivity index (χ1n) is 8.59. The lowest BCUT2D eigenvalue weighted by atomic mass is 10.1. The number of nitriles is 1. The van der Waals surface area contributed by atoms with Crippen molar-refractivity contribution in [3.05, 3.63) is 69.9 Å². The Labute approximate surface area is 167 Å². The number of nitro benzene ring substituents is 1. The van der Waals surface area contributed by atoms with E-state index in [9.17, 15) is 20.2 Å². The molecule has 0 aromatic heterocycles. The van der Waals surface area contributed by atoms with Gasteiger partial charge in [-0.3, -0.25) is 14.9 Å². The first-order valence-corrected chi connectivity index (χ1v) is 8.59. The maximum absolute atomic E-state index is 12.2. The number of amides is 1. The zero-order valence-corrected chi connectivity index (χ0v) is 16.0. The van der Waals surface area contributed by atoms with Crippen LogP contribution in [0.4, 0.5) is 11.4 Å². The molecule has 9 heteroatoms. The third-order valence-electron chi connectivity index (χ3n) is 3.99. The minimum atomic E-state index is -0.543. The second-order valence-corrected chi connectivity index (χ2v) is 5.81. The molecule has 0 atom stereocenters. The number of anilines is 1. The quantitative estimate of drug-likeness (QED) is 0.289. The maximum atomic E-state index is 12.2. The number of non-ortho nitro benzene ring substituents is 1. The zero-order valence-electron chi connectivity index (χ0n) is 16.0. The van der Waals surface area contributed by atoms with Crippen LogP contribution in [0, 0.1) is 21.4 Å². The summed E-state index contributed by atoms with van der Waals surface area (Å²) in [5.41, 5.74) is 1.13. The van der Waals surface area contributed by atoms with Gasteiger partial charge in [0.05, 0.1) is 30.9 Å². The molecule has 0 spiro atoms. The van der Waals surface area contributed by atoms with E-state index >= 15 is 0 Å². The fraction of sp³-hybridized carbons (Fsp3) is 0.200. The SMILES string of the molecule is COc1ccc(CCNC(=O)/C(C#N)=C\Nc2ccc([N+](=O)[O-])cc2OC)cc1. The highest BCUT2D eigenvalue weighted by Gasteiger charge is 2.12. The number of carbonyl (C=O) groups is 1. The number of benzene rings is 2. The fourth-order valence-electron chi connectivity index (χ4n) is 2.42. The number of nitrogens with zero attached hydrogens (tertiary/aromatic N) is 2. The van der Waals surface area contributed by atoms with Gasteiger partial charge in [0.1, 0.15) is 23.1 Å². The van der Waals surface area contributed by atoms with Gasteiger partial charge in [-0.15, -0.1) is 0 Å². The summed E-state index contributed by atoms with van der Waals surface area (Å²) in [6.45, 7) is 0.352. The molecule has 0 bridgehead atoms. The minimum Gasteiger partial charge on any atom is -0.497 e. The van der Waals surface area contributed by atoms with Gasteiger partial charge in [-0.1, -0.05) is 12.1 Å². The number of carbonyl (C=O) groups excluding carboxylic acids is 1. The number of hydrogen-bond acceptors (Lipinski definition) is 7. The van der Waals surface area contributed by atoms with Gasteiger partial charge in [-0.05, 0) is 30.2 Å². The van der Waals surface area contributed by atoms with E-state index in [1.165, 1.54) is 31.5 Å². The largest absolute Gasteiger partial charge is 0.497 e. The van der Waals surface area contributed by atoms with Crippen LogP contribution in [-0.2, 0) is 11.2 Å². The van der Waals surface area contributed by atoms with Gasteiger partial charge in [0.15, 0.2) is 0 Å². The van der Waals surface area contributed by atoms with Crippen LogP contribution in [0.25, 0.3) is 0 Å². The summed E-state index contributed by atoms with van der Waals surface area (Å²) < 4.78 is 10.2. The summed E-state index contributed by atoms with van der Waals surface area (Å²) in [5.74, 6) is 0.433. The molecule has 0 heterocycles. The van der Waals surface area contributed by atoms with Crippen molar-refractivity contribution >= 4 is 17.3 Å². The van der Waals surface area contributed by atoms with Gasteiger partial charge in [-0.25, -0.2) is 0 Å². The number of nitro groups is 1. The lowest BCUT2D eigenvalue weighted by Crippen LogP contribution is -2.27. The molecule has 0 radical (unpaired) electrons. The smallest absolute Gasteiger partial charge is 0.273 e. The predicted molar refractivity (Wildman–Crippen MR) is 107 cm³/mol. The third-order valence-corrected chi connectivity index (χ3v) is 3.99. The summed E-state index contributed by atoms with van der Waals surface area (Å²) in [4.78, 5) is 22.5. The number of rotatable bonds is 9. The average Bonchev–Trinajstić information content (AvgIpc) is 2.74. The van der Waals surface area contributed by atoms with Gasteiger partial charge in [-0.2, -0.15) is 5.26 Å². The van der Waals surface area contributed by atoms with E-state index in [1.807, 2.05) is 30.3 Å². The Morgan fingerprint density at radius 2 is 1.93 bits per heavy atom. The van der Waals surface area contributed by atoms with Crippen LogP contribution < -0.4 is 20.1 Å². The number of ether oxygens (including phenoxy) is 2. The molecule has 1 amide bonds. The van der Waals surface area contributed by atoms with E-state index in [4.69, 9.17) is 9.47 Å². The van der Waals surface area contributed by atoms with Crippen molar-refractivity contribution in [1.29, 1.82) is 5.26 Å². The van der Waals surface area contributed by atoms with Crippen molar-refractivity contribution in [2.24, 2.45) is 0 Å². The van der Waals surface area contributed by atoms with E-state index in [1.54, 1.807) is 7.11 Å². The van der Waals surface area contributed by atoms with Gasteiger partial charge >= 0.3 is 0 Å². The highest BCUT2D eigenvalue weighted by atomic mass is 16.6. The fourth-order valence-corrected chi connectivity index (χ4v) is 2.42. The molecule has 2 aromatic rings. The lowest BCUT2D eigenvalue weighted by molar-refractivity contribution is -0.384.